The van der Waals surface area contributed by atoms with E-state index in [4.69, 9.17) is 4.74 Å². The lowest BCUT2D eigenvalue weighted by Crippen LogP contribution is -2.45. The van der Waals surface area contributed by atoms with E-state index in [2.05, 4.69) is 10.6 Å². The Kier molecular flexibility index (Phi) is 6.97. The summed E-state index contributed by atoms with van der Waals surface area (Å²) in [5, 5.41) is 5.18. The molecule has 0 radical (unpaired) electrons. The standard InChI is InChI=1S/C22H27N3O5S/c1-15-6-4-8-20(16(15)2)24-22(27)21(26)23-14-17-7-5-13-25(17)31(28,29)19-11-9-18(30-3)10-12-19/h4,6,8-12,17H,5,7,13-14H2,1-3H3,(H,23,26)(H,24,27)/t17-/m1/s1. The average Bonchev–Trinajstić information content (AvgIpc) is 3.25. The lowest BCUT2D eigenvalue weighted by molar-refractivity contribution is -0.136. The summed E-state index contributed by atoms with van der Waals surface area (Å²) in [5.74, 6) is -1.01. The van der Waals surface area contributed by atoms with Crippen molar-refractivity contribution in [2.75, 3.05) is 25.5 Å². The summed E-state index contributed by atoms with van der Waals surface area (Å²) in [6, 6.07) is 11.2. The highest BCUT2D eigenvalue weighted by Crippen LogP contribution is 2.27. The van der Waals surface area contributed by atoms with E-state index in [0.717, 1.165) is 11.1 Å². The normalized spacial score (nSPS) is 16.7. The molecule has 2 N–H and O–H groups in total. The summed E-state index contributed by atoms with van der Waals surface area (Å²) < 4.78 is 32.5. The Bertz CT molecular complexity index is 1070. The molecule has 1 aliphatic rings. The zero-order valence-corrected chi connectivity index (χ0v) is 18.7. The van der Waals surface area contributed by atoms with E-state index < -0.39 is 27.9 Å². The second kappa shape index (κ2) is 9.49. The van der Waals surface area contributed by atoms with Crippen LogP contribution in [-0.2, 0) is 19.6 Å². The van der Waals surface area contributed by atoms with E-state index in [1.807, 2.05) is 19.9 Å². The fraction of sp³-hybridized carbons (Fsp3) is 0.364. The van der Waals surface area contributed by atoms with Crippen LogP contribution in [0.15, 0.2) is 47.4 Å². The Morgan fingerprint density at radius 1 is 1.10 bits per heavy atom. The lowest BCUT2D eigenvalue weighted by Gasteiger charge is -2.24. The maximum Gasteiger partial charge on any atom is 0.313 e. The number of methoxy groups -OCH3 is 1. The van der Waals surface area contributed by atoms with Crippen molar-refractivity contribution < 1.29 is 22.7 Å². The molecule has 0 aromatic heterocycles. The topological polar surface area (TPSA) is 105 Å². The Morgan fingerprint density at radius 2 is 1.81 bits per heavy atom. The van der Waals surface area contributed by atoms with Gasteiger partial charge in [-0.1, -0.05) is 12.1 Å². The van der Waals surface area contributed by atoms with Gasteiger partial charge in [0.15, 0.2) is 0 Å². The minimum absolute atomic E-state index is 0.0639. The van der Waals surface area contributed by atoms with Crippen molar-refractivity contribution in [2.45, 2.75) is 37.6 Å². The van der Waals surface area contributed by atoms with E-state index in [1.54, 1.807) is 24.3 Å². The summed E-state index contributed by atoms with van der Waals surface area (Å²) in [7, 11) is -2.20. The van der Waals surface area contributed by atoms with Gasteiger partial charge in [0.25, 0.3) is 0 Å². The number of carbonyl (C=O) groups excluding carboxylic acids is 2. The molecule has 1 heterocycles. The highest BCUT2D eigenvalue weighted by atomic mass is 32.2. The molecule has 0 unspecified atom stereocenters. The van der Waals surface area contributed by atoms with Crippen molar-refractivity contribution in [3.63, 3.8) is 0 Å². The molecule has 0 spiro atoms. The van der Waals surface area contributed by atoms with E-state index in [0.29, 0.717) is 30.8 Å². The molecule has 1 saturated heterocycles. The van der Waals surface area contributed by atoms with Gasteiger partial charge in [-0.15, -0.1) is 0 Å². The van der Waals surface area contributed by atoms with Gasteiger partial charge in [0.2, 0.25) is 10.0 Å². The number of carbonyl (C=O) groups is 2. The van der Waals surface area contributed by atoms with Crippen LogP contribution in [0, 0.1) is 13.8 Å². The molecule has 0 aliphatic carbocycles. The third-order valence-corrected chi connectivity index (χ3v) is 7.51. The SMILES string of the molecule is COc1ccc(S(=O)(=O)N2CCC[C@@H]2CNC(=O)C(=O)Nc2cccc(C)c2C)cc1. The first-order chi connectivity index (χ1) is 14.7. The number of aryl methyl sites for hydroxylation is 1. The van der Waals surface area contributed by atoms with Gasteiger partial charge in [-0.05, 0) is 68.1 Å². The van der Waals surface area contributed by atoms with Crippen molar-refractivity contribution in [1.29, 1.82) is 0 Å². The quantitative estimate of drug-likeness (QED) is 0.664. The number of sulfonamides is 1. The first-order valence-corrected chi connectivity index (χ1v) is 11.5. The van der Waals surface area contributed by atoms with Crippen molar-refractivity contribution in [1.82, 2.24) is 9.62 Å². The zero-order valence-electron chi connectivity index (χ0n) is 17.8. The molecular weight excluding hydrogens is 418 g/mol. The van der Waals surface area contributed by atoms with Crippen LogP contribution in [0.3, 0.4) is 0 Å². The third-order valence-electron chi connectivity index (χ3n) is 5.55. The van der Waals surface area contributed by atoms with E-state index in [1.165, 1.54) is 23.5 Å². The summed E-state index contributed by atoms with van der Waals surface area (Å²) in [4.78, 5) is 24.7. The van der Waals surface area contributed by atoms with E-state index >= 15 is 0 Å². The Labute approximate surface area is 182 Å². The van der Waals surface area contributed by atoms with Crippen molar-refractivity contribution >= 4 is 27.5 Å². The Morgan fingerprint density at radius 3 is 2.48 bits per heavy atom. The predicted octanol–water partition coefficient (Wildman–Crippen LogP) is 2.22. The number of anilines is 1. The Hall–Kier alpha value is -2.91. The number of nitrogens with one attached hydrogen (secondary N) is 2. The van der Waals surface area contributed by atoms with E-state index in [-0.39, 0.29) is 11.4 Å². The fourth-order valence-corrected chi connectivity index (χ4v) is 5.26. The van der Waals surface area contributed by atoms with Crippen LogP contribution in [0.1, 0.15) is 24.0 Å². The molecule has 1 atom stereocenters. The van der Waals surface area contributed by atoms with Crippen LogP contribution < -0.4 is 15.4 Å². The predicted molar refractivity (Wildman–Crippen MR) is 117 cm³/mol. The molecule has 1 aliphatic heterocycles. The molecule has 2 amide bonds. The third kappa shape index (κ3) is 5.05. The molecule has 1 fully saturated rings. The van der Waals surface area contributed by atoms with Crippen LogP contribution >= 0.6 is 0 Å². The second-order valence-corrected chi connectivity index (χ2v) is 9.39. The minimum Gasteiger partial charge on any atom is -0.497 e. The van der Waals surface area contributed by atoms with E-state index in [9.17, 15) is 18.0 Å². The molecule has 0 saturated carbocycles. The molecule has 9 heteroatoms. The molecule has 166 valence electrons. The van der Waals surface area contributed by atoms with Gasteiger partial charge in [0.05, 0.1) is 12.0 Å². The number of nitrogens with zero attached hydrogens (tertiary/aromatic N) is 1. The van der Waals surface area contributed by atoms with Gasteiger partial charge in [0, 0.05) is 24.8 Å². The first-order valence-electron chi connectivity index (χ1n) is 10.1. The highest BCUT2D eigenvalue weighted by molar-refractivity contribution is 7.89. The highest BCUT2D eigenvalue weighted by Gasteiger charge is 2.35. The fourth-order valence-electron chi connectivity index (χ4n) is 3.57. The summed E-state index contributed by atoms with van der Waals surface area (Å²) in [6.07, 6.45) is 1.29. The smallest absolute Gasteiger partial charge is 0.313 e. The van der Waals surface area contributed by atoms with Gasteiger partial charge in [0.1, 0.15) is 5.75 Å². The van der Waals surface area contributed by atoms with Crippen LogP contribution in [0.4, 0.5) is 5.69 Å². The molecule has 0 bridgehead atoms. The number of rotatable bonds is 6. The minimum atomic E-state index is -3.71. The zero-order chi connectivity index (χ0) is 22.6. The van der Waals surface area contributed by atoms with Gasteiger partial charge >= 0.3 is 11.8 Å². The molecule has 2 aromatic carbocycles. The number of hydrogen-bond donors (Lipinski definition) is 2. The van der Waals surface area contributed by atoms with Crippen LogP contribution in [0.5, 0.6) is 5.75 Å². The molecule has 2 aromatic rings. The monoisotopic (exact) mass is 445 g/mol. The number of benzene rings is 2. The van der Waals surface area contributed by atoms with Crippen LogP contribution in [0.25, 0.3) is 0 Å². The van der Waals surface area contributed by atoms with Crippen molar-refractivity contribution in [3.05, 3.63) is 53.6 Å². The second-order valence-electron chi connectivity index (χ2n) is 7.50. The van der Waals surface area contributed by atoms with Gasteiger partial charge < -0.3 is 15.4 Å². The molecule has 8 nitrogen and oxygen atoms in total. The Balaban J connectivity index is 1.63. The lowest BCUT2D eigenvalue weighted by atomic mass is 10.1. The van der Waals surface area contributed by atoms with Crippen molar-refractivity contribution in [3.8, 4) is 5.75 Å². The van der Waals surface area contributed by atoms with Gasteiger partial charge in [-0.3, -0.25) is 9.59 Å². The van der Waals surface area contributed by atoms with Gasteiger partial charge in [-0.2, -0.15) is 4.31 Å². The maximum absolute atomic E-state index is 13.0. The first kappa shape index (κ1) is 22.8. The number of ether oxygens (including phenoxy) is 1. The molecule has 3 rings (SSSR count). The summed E-state index contributed by atoms with van der Waals surface area (Å²) >= 11 is 0. The number of amides is 2. The van der Waals surface area contributed by atoms with Crippen LogP contribution in [-0.4, -0.2) is 50.8 Å². The van der Waals surface area contributed by atoms with Crippen LogP contribution in [0.2, 0.25) is 0 Å². The number of hydrogen-bond acceptors (Lipinski definition) is 5. The average molecular weight is 446 g/mol. The summed E-state index contributed by atoms with van der Waals surface area (Å²) in [5.41, 5.74) is 2.46. The molecule has 31 heavy (non-hydrogen) atoms. The van der Waals surface area contributed by atoms with Gasteiger partial charge in [-0.25, -0.2) is 8.42 Å². The molecular formula is C22H27N3O5S. The summed E-state index contributed by atoms with van der Waals surface area (Å²) in [6.45, 7) is 4.21. The maximum atomic E-state index is 13.0. The van der Waals surface area contributed by atoms with Crippen molar-refractivity contribution in [2.24, 2.45) is 0 Å². The largest absolute Gasteiger partial charge is 0.497 e.